The molecule has 2 rings (SSSR count). The van der Waals surface area contributed by atoms with Crippen LogP contribution in [0.4, 0.5) is 0 Å². The number of hydrogen-bond acceptors (Lipinski definition) is 5. The summed E-state index contributed by atoms with van der Waals surface area (Å²) in [5.41, 5.74) is 0. The van der Waals surface area contributed by atoms with Crippen LogP contribution >= 0.6 is 0 Å². The van der Waals surface area contributed by atoms with Crippen molar-refractivity contribution < 1.29 is 9.32 Å². The fourth-order valence-corrected chi connectivity index (χ4v) is 1.75. The second kappa shape index (κ2) is 4.83. The quantitative estimate of drug-likeness (QED) is 0.849. The molecule has 0 aliphatic carbocycles. The molecule has 0 aromatic carbocycles. The van der Waals surface area contributed by atoms with Gasteiger partial charge in [0.1, 0.15) is 0 Å². The molecule has 0 saturated carbocycles. The number of amides is 1. The number of hydrogen-bond donors (Lipinski definition) is 1. The van der Waals surface area contributed by atoms with E-state index in [0.717, 1.165) is 19.4 Å². The van der Waals surface area contributed by atoms with Crippen LogP contribution in [-0.2, 0) is 0 Å². The first kappa shape index (κ1) is 12.0. The van der Waals surface area contributed by atoms with Gasteiger partial charge in [0.2, 0.25) is 5.89 Å². The van der Waals surface area contributed by atoms with Crippen LogP contribution in [-0.4, -0.2) is 40.6 Å². The number of aromatic nitrogens is 2. The Morgan fingerprint density at radius 1 is 1.59 bits per heavy atom. The molecule has 1 aliphatic heterocycles. The summed E-state index contributed by atoms with van der Waals surface area (Å²) >= 11 is 0. The normalized spacial score (nSPS) is 19.9. The molecule has 6 nitrogen and oxygen atoms in total. The lowest BCUT2D eigenvalue weighted by Crippen LogP contribution is -2.33. The molecule has 0 spiro atoms. The summed E-state index contributed by atoms with van der Waals surface area (Å²) in [7, 11) is 1.73. The minimum atomic E-state index is -0.201. The Labute approximate surface area is 100 Å². The molecule has 1 atom stereocenters. The van der Waals surface area contributed by atoms with Gasteiger partial charge in [-0.05, 0) is 33.2 Å². The van der Waals surface area contributed by atoms with Crippen molar-refractivity contribution in [2.75, 3.05) is 13.6 Å². The predicted molar refractivity (Wildman–Crippen MR) is 61.5 cm³/mol. The van der Waals surface area contributed by atoms with E-state index < -0.39 is 0 Å². The zero-order valence-corrected chi connectivity index (χ0v) is 10.4. The second-order valence-corrected chi connectivity index (χ2v) is 4.61. The summed E-state index contributed by atoms with van der Waals surface area (Å²) in [6.45, 7) is 4.84. The van der Waals surface area contributed by atoms with Crippen molar-refractivity contribution in [2.45, 2.75) is 38.8 Å². The summed E-state index contributed by atoms with van der Waals surface area (Å²) in [4.78, 5) is 17.7. The molecule has 1 amide bonds. The van der Waals surface area contributed by atoms with Crippen molar-refractivity contribution in [3.8, 4) is 0 Å². The number of nitrogens with one attached hydrogen (secondary N) is 1. The maximum atomic E-state index is 11.9. The van der Waals surface area contributed by atoms with Crippen LogP contribution in [0.1, 0.15) is 49.2 Å². The zero-order valence-electron chi connectivity index (χ0n) is 10.4. The van der Waals surface area contributed by atoms with Crippen LogP contribution in [0.5, 0.6) is 0 Å². The van der Waals surface area contributed by atoms with Gasteiger partial charge in [-0.15, -0.1) is 0 Å². The van der Waals surface area contributed by atoms with E-state index in [1.54, 1.807) is 11.9 Å². The van der Waals surface area contributed by atoms with E-state index in [1.807, 2.05) is 13.8 Å². The lowest BCUT2D eigenvalue weighted by atomic mass is 10.2. The summed E-state index contributed by atoms with van der Waals surface area (Å²) in [5, 5.41) is 7.00. The fraction of sp³-hybridized carbons (Fsp3) is 0.727. The number of carbonyl (C=O) groups excluding carboxylic acids is 1. The van der Waals surface area contributed by atoms with E-state index in [4.69, 9.17) is 4.52 Å². The SMILES string of the molecule is CC(C)N(C)C(=O)c1noc(C2CCCN2)n1. The third-order valence-electron chi connectivity index (χ3n) is 3.09. The topological polar surface area (TPSA) is 71.3 Å². The summed E-state index contributed by atoms with van der Waals surface area (Å²) in [5.74, 6) is 0.459. The highest BCUT2D eigenvalue weighted by atomic mass is 16.5. The maximum absolute atomic E-state index is 11.9. The highest BCUT2D eigenvalue weighted by Crippen LogP contribution is 2.21. The molecular formula is C11H18N4O2. The first-order valence-corrected chi connectivity index (χ1v) is 5.93. The highest BCUT2D eigenvalue weighted by Gasteiger charge is 2.26. The van der Waals surface area contributed by atoms with Gasteiger partial charge in [-0.1, -0.05) is 5.16 Å². The monoisotopic (exact) mass is 238 g/mol. The van der Waals surface area contributed by atoms with Gasteiger partial charge in [-0.25, -0.2) is 0 Å². The van der Waals surface area contributed by atoms with E-state index in [9.17, 15) is 4.79 Å². The molecule has 1 saturated heterocycles. The minimum Gasteiger partial charge on any atom is -0.337 e. The number of rotatable bonds is 3. The highest BCUT2D eigenvalue weighted by molar-refractivity contribution is 5.90. The van der Waals surface area contributed by atoms with E-state index >= 15 is 0 Å². The van der Waals surface area contributed by atoms with E-state index in [1.165, 1.54) is 0 Å². The van der Waals surface area contributed by atoms with Gasteiger partial charge in [-0.2, -0.15) is 4.98 Å². The minimum absolute atomic E-state index is 0.105. The van der Waals surface area contributed by atoms with Gasteiger partial charge >= 0.3 is 0 Å². The Hall–Kier alpha value is -1.43. The van der Waals surface area contributed by atoms with Gasteiger partial charge < -0.3 is 14.7 Å². The maximum Gasteiger partial charge on any atom is 0.295 e. The van der Waals surface area contributed by atoms with E-state index in [-0.39, 0.29) is 23.8 Å². The predicted octanol–water partition coefficient (Wildman–Crippen LogP) is 0.974. The van der Waals surface area contributed by atoms with Crippen molar-refractivity contribution in [2.24, 2.45) is 0 Å². The largest absolute Gasteiger partial charge is 0.337 e. The third-order valence-corrected chi connectivity index (χ3v) is 3.09. The summed E-state index contributed by atoms with van der Waals surface area (Å²) in [6.07, 6.45) is 2.08. The van der Waals surface area contributed by atoms with E-state index in [2.05, 4.69) is 15.5 Å². The van der Waals surface area contributed by atoms with Crippen molar-refractivity contribution in [3.63, 3.8) is 0 Å². The average molecular weight is 238 g/mol. The molecule has 6 heteroatoms. The second-order valence-electron chi connectivity index (χ2n) is 4.61. The van der Waals surface area contributed by atoms with Crippen molar-refractivity contribution in [1.82, 2.24) is 20.4 Å². The number of carbonyl (C=O) groups is 1. The number of nitrogens with zero attached hydrogens (tertiary/aromatic N) is 3. The summed E-state index contributed by atoms with van der Waals surface area (Å²) < 4.78 is 5.13. The first-order valence-electron chi connectivity index (χ1n) is 5.93. The van der Waals surface area contributed by atoms with Crippen LogP contribution in [0.25, 0.3) is 0 Å². The average Bonchev–Trinajstić information content (AvgIpc) is 2.96. The molecule has 2 heterocycles. The van der Waals surface area contributed by atoms with Gasteiger partial charge in [0.05, 0.1) is 6.04 Å². The van der Waals surface area contributed by atoms with Crippen LogP contribution < -0.4 is 5.32 Å². The van der Waals surface area contributed by atoms with Gasteiger partial charge in [0, 0.05) is 13.1 Å². The Morgan fingerprint density at radius 2 is 2.35 bits per heavy atom. The molecule has 1 aromatic rings. The van der Waals surface area contributed by atoms with Gasteiger partial charge in [0.25, 0.3) is 11.7 Å². The molecule has 94 valence electrons. The molecule has 17 heavy (non-hydrogen) atoms. The van der Waals surface area contributed by atoms with E-state index in [0.29, 0.717) is 5.89 Å². The molecule has 1 aliphatic rings. The molecule has 1 aromatic heterocycles. The Balaban J connectivity index is 2.09. The Morgan fingerprint density at radius 3 is 2.94 bits per heavy atom. The van der Waals surface area contributed by atoms with Crippen molar-refractivity contribution in [1.29, 1.82) is 0 Å². The van der Waals surface area contributed by atoms with Crippen molar-refractivity contribution in [3.05, 3.63) is 11.7 Å². The molecule has 1 N–H and O–H groups in total. The molecule has 1 fully saturated rings. The van der Waals surface area contributed by atoms with Gasteiger partial charge in [0.15, 0.2) is 0 Å². The fourth-order valence-electron chi connectivity index (χ4n) is 1.75. The molecule has 1 unspecified atom stereocenters. The molecule has 0 radical (unpaired) electrons. The lowest BCUT2D eigenvalue weighted by molar-refractivity contribution is 0.0739. The Kier molecular flexibility index (Phi) is 3.42. The molecule has 0 bridgehead atoms. The standard InChI is InChI=1S/C11H18N4O2/c1-7(2)15(3)11(16)9-13-10(17-14-9)8-5-4-6-12-8/h7-8,12H,4-6H2,1-3H3. The van der Waals surface area contributed by atoms with Crippen molar-refractivity contribution >= 4 is 5.91 Å². The van der Waals surface area contributed by atoms with Crippen LogP contribution in [0, 0.1) is 0 Å². The lowest BCUT2D eigenvalue weighted by Gasteiger charge is -2.19. The summed E-state index contributed by atoms with van der Waals surface area (Å²) in [6, 6.07) is 0.225. The smallest absolute Gasteiger partial charge is 0.295 e. The zero-order chi connectivity index (χ0) is 12.4. The van der Waals surface area contributed by atoms with Crippen LogP contribution in [0.2, 0.25) is 0 Å². The first-order chi connectivity index (χ1) is 8.09. The van der Waals surface area contributed by atoms with Gasteiger partial charge in [-0.3, -0.25) is 4.79 Å². The van der Waals surface area contributed by atoms with Crippen LogP contribution in [0.3, 0.4) is 0 Å². The molecular weight excluding hydrogens is 220 g/mol. The van der Waals surface area contributed by atoms with Crippen LogP contribution in [0.15, 0.2) is 4.52 Å². The Bertz CT molecular complexity index is 396. The third kappa shape index (κ3) is 2.46.